The van der Waals surface area contributed by atoms with Gasteiger partial charge in [-0.25, -0.2) is 4.79 Å². The lowest BCUT2D eigenvalue weighted by molar-refractivity contribution is 0.0341. The molecule has 0 spiro atoms. The van der Waals surface area contributed by atoms with Gasteiger partial charge in [0, 0.05) is 11.0 Å². The van der Waals surface area contributed by atoms with Gasteiger partial charge in [0.25, 0.3) is 0 Å². The van der Waals surface area contributed by atoms with E-state index in [1.54, 1.807) is 0 Å². The van der Waals surface area contributed by atoms with E-state index in [1.807, 2.05) is 0 Å². The first-order chi connectivity index (χ1) is 7.47. The number of aliphatic hydroxyl groups is 2. The maximum Gasteiger partial charge on any atom is 0.337 e. The van der Waals surface area contributed by atoms with Gasteiger partial charge in [-0.05, 0) is 17.7 Å². The lowest BCUT2D eigenvalue weighted by atomic mass is 10.0. The Bertz CT molecular complexity index is 396. The van der Waals surface area contributed by atoms with Crippen LogP contribution in [0.5, 0.6) is 0 Å². The van der Waals surface area contributed by atoms with Gasteiger partial charge in [-0.3, -0.25) is 0 Å². The number of rotatable bonds is 4. The minimum Gasteiger partial charge on any atom is -0.478 e. The van der Waals surface area contributed by atoms with Crippen molar-refractivity contribution in [2.24, 2.45) is 0 Å². The van der Waals surface area contributed by atoms with Crippen LogP contribution in [0.15, 0.2) is 18.2 Å². The van der Waals surface area contributed by atoms with E-state index >= 15 is 0 Å². The number of aromatic carboxylic acids is 1. The van der Waals surface area contributed by atoms with Crippen LogP contribution in [0.25, 0.3) is 0 Å². The average molecular weight is 290 g/mol. The fraction of sp³-hybridized carbons (Fsp3) is 0.300. The predicted molar refractivity (Wildman–Crippen MR) is 62.6 cm³/mol. The van der Waals surface area contributed by atoms with Crippen molar-refractivity contribution in [3.8, 4) is 0 Å². The summed E-state index contributed by atoms with van der Waals surface area (Å²) in [6.45, 7) is 0. The molecule has 1 rings (SSSR count). The van der Waals surface area contributed by atoms with Crippen LogP contribution in [0.1, 0.15) is 22.0 Å². The van der Waals surface area contributed by atoms with Gasteiger partial charge >= 0.3 is 5.97 Å². The van der Waals surface area contributed by atoms with Crippen LogP contribution >= 0.6 is 15.9 Å². The predicted octanol–water partition coefficient (Wildman–Crippen LogP) is 0.756. The van der Waals surface area contributed by atoms with Crippen molar-refractivity contribution >= 4 is 27.6 Å². The molecule has 0 amide bonds. The van der Waals surface area contributed by atoms with Crippen LogP contribution in [-0.2, 0) is 0 Å². The van der Waals surface area contributed by atoms with Crippen molar-refractivity contribution in [2.45, 2.75) is 12.2 Å². The molecule has 16 heavy (non-hydrogen) atoms. The zero-order chi connectivity index (χ0) is 12.3. The third-order valence-corrected chi connectivity index (χ3v) is 2.84. The molecule has 0 bridgehead atoms. The summed E-state index contributed by atoms with van der Waals surface area (Å²) in [5, 5.41) is 28.1. The zero-order valence-electron chi connectivity index (χ0n) is 8.30. The quantitative estimate of drug-likeness (QED) is 0.484. The molecule has 88 valence electrons. The van der Waals surface area contributed by atoms with Crippen molar-refractivity contribution in [3.05, 3.63) is 29.3 Å². The van der Waals surface area contributed by atoms with Crippen molar-refractivity contribution in [2.75, 3.05) is 11.1 Å². The summed E-state index contributed by atoms with van der Waals surface area (Å²) in [5.74, 6) is -1.17. The first kappa shape index (κ1) is 13.0. The van der Waals surface area contributed by atoms with E-state index in [9.17, 15) is 15.0 Å². The first-order valence-electron chi connectivity index (χ1n) is 4.52. The van der Waals surface area contributed by atoms with Crippen LogP contribution < -0.4 is 5.73 Å². The molecule has 0 saturated heterocycles. The second kappa shape index (κ2) is 5.29. The Labute approximate surface area is 101 Å². The Hall–Kier alpha value is -1.11. The average Bonchev–Trinajstić information content (AvgIpc) is 2.27. The van der Waals surface area contributed by atoms with Gasteiger partial charge in [0.1, 0.15) is 6.10 Å². The normalized spacial score (nSPS) is 14.4. The summed E-state index contributed by atoms with van der Waals surface area (Å²) in [5.41, 5.74) is 5.82. The molecule has 0 aromatic heterocycles. The van der Waals surface area contributed by atoms with E-state index in [-0.39, 0.29) is 16.6 Å². The topological polar surface area (TPSA) is 104 Å². The summed E-state index contributed by atoms with van der Waals surface area (Å²) in [6.07, 6.45) is -2.14. The first-order valence-corrected chi connectivity index (χ1v) is 5.64. The number of hydrogen-bond acceptors (Lipinski definition) is 4. The van der Waals surface area contributed by atoms with Crippen molar-refractivity contribution in [1.29, 1.82) is 0 Å². The zero-order valence-corrected chi connectivity index (χ0v) is 9.89. The van der Waals surface area contributed by atoms with Crippen molar-refractivity contribution in [1.82, 2.24) is 0 Å². The molecular formula is C10H12BrNO4. The molecule has 0 heterocycles. The standard InChI is InChI=1S/C10H12BrNO4/c11-4-8(13)9(14)5-1-2-7(12)6(3-5)10(15)16/h1-3,8-9,13-14H,4,12H2,(H,15,16). The Balaban J connectivity index is 3.07. The highest BCUT2D eigenvalue weighted by Crippen LogP contribution is 2.22. The Morgan fingerprint density at radius 1 is 1.44 bits per heavy atom. The van der Waals surface area contributed by atoms with E-state index in [2.05, 4.69) is 15.9 Å². The van der Waals surface area contributed by atoms with Gasteiger partial charge < -0.3 is 21.1 Å². The molecule has 2 unspecified atom stereocenters. The number of benzene rings is 1. The molecule has 6 heteroatoms. The number of hydrogen-bond donors (Lipinski definition) is 4. The van der Waals surface area contributed by atoms with Gasteiger partial charge in [0.15, 0.2) is 0 Å². The van der Waals surface area contributed by atoms with Crippen LogP contribution in [-0.4, -0.2) is 32.7 Å². The number of alkyl halides is 1. The number of nitrogens with two attached hydrogens (primary N) is 1. The van der Waals surface area contributed by atoms with Crippen LogP contribution in [0, 0.1) is 0 Å². The monoisotopic (exact) mass is 289 g/mol. The largest absolute Gasteiger partial charge is 0.478 e. The van der Waals surface area contributed by atoms with Crippen molar-refractivity contribution in [3.63, 3.8) is 0 Å². The maximum atomic E-state index is 10.8. The molecule has 0 radical (unpaired) electrons. The number of anilines is 1. The maximum absolute atomic E-state index is 10.8. The van der Waals surface area contributed by atoms with Gasteiger partial charge in [-0.2, -0.15) is 0 Å². The highest BCUT2D eigenvalue weighted by Gasteiger charge is 2.19. The number of carboxylic acid groups (broad SMARTS) is 1. The summed E-state index contributed by atoms with van der Waals surface area (Å²) >= 11 is 3.02. The minimum absolute atomic E-state index is 0.0849. The molecule has 1 aromatic rings. The summed E-state index contributed by atoms with van der Waals surface area (Å²) < 4.78 is 0. The van der Waals surface area contributed by atoms with Crippen LogP contribution in [0.2, 0.25) is 0 Å². The number of aliphatic hydroxyl groups excluding tert-OH is 2. The van der Waals surface area contributed by atoms with Crippen LogP contribution in [0.4, 0.5) is 5.69 Å². The molecule has 0 aliphatic carbocycles. The molecule has 5 nitrogen and oxygen atoms in total. The fourth-order valence-corrected chi connectivity index (χ4v) is 1.60. The smallest absolute Gasteiger partial charge is 0.337 e. The number of halogens is 1. The molecule has 2 atom stereocenters. The van der Waals surface area contributed by atoms with E-state index < -0.39 is 18.2 Å². The highest BCUT2D eigenvalue weighted by molar-refractivity contribution is 9.09. The summed E-state index contributed by atoms with van der Waals surface area (Å²) in [4.78, 5) is 10.8. The second-order valence-electron chi connectivity index (χ2n) is 3.32. The Kier molecular flexibility index (Phi) is 4.28. The summed E-state index contributed by atoms with van der Waals surface area (Å²) in [7, 11) is 0. The van der Waals surface area contributed by atoms with E-state index in [0.29, 0.717) is 5.56 Å². The minimum atomic E-state index is -1.17. The Morgan fingerprint density at radius 3 is 2.56 bits per heavy atom. The van der Waals surface area contributed by atoms with Crippen molar-refractivity contribution < 1.29 is 20.1 Å². The fourth-order valence-electron chi connectivity index (χ4n) is 1.25. The highest BCUT2D eigenvalue weighted by atomic mass is 79.9. The second-order valence-corrected chi connectivity index (χ2v) is 3.97. The van der Waals surface area contributed by atoms with E-state index in [0.717, 1.165) is 0 Å². The Morgan fingerprint density at radius 2 is 2.06 bits per heavy atom. The summed E-state index contributed by atoms with van der Waals surface area (Å²) in [6, 6.07) is 4.13. The third kappa shape index (κ3) is 2.72. The van der Waals surface area contributed by atoms with Gasteiger partial charge in [-0.15, -0.1) is 0 Å². The van der Waals surface area contributed by atoms with E-state index in [4.69, 9.17) is 10.8 Å². The van der Waals surface area contributed by atoms with Gasteiger partial charge in [-0.1, -0.05) is 22.0 Å². The van der Waals surface area contributed by atoms with Gasteiger partial charge in [0.2, 0.25) is 0 Å². The molecule has 0 aliphatic rings. The molecule has 0 aliphatic heterocycles. The lowest BCUT2D eigenvalue weighted by Crippen LogP contribution is -2.20. The lowest BCUT2D eigenvalue weighted by Gasteiger charge is -2.16. The SMILES string of the molecule is Nc1ccc(C(O)C(O)CBr)cc1C(=O)O. The molecule has 0 saturated carbocycles. The molecular weight excluding hydrogens is 278 g/mol. The number of carbonyl (C=O) groups is 1. The number of carboxylic acids is 1. The molecule has 5 N–H and O–H groups in total. The molecule has 1 aromatic carbocycles. The third-order valence-electron chi connectivity index (χ3n) is 2.17. The number of nitrogen functional groups attached to an aromatic ring is 1. The molecule has 0 fully saturated rings. The van der Waals surface area contributed by atoms with Crippen LogP contribution in [0.3, 0.4) is 0 Å². The van der Waals surface area contributed by atoms with E-state index in [1.165, 1.54) is 18.2 Å². The van der Waals surface area contributed by atoms with Gasteiger partial charge in [0.05, 0.1) is 11.7 Å².